The zero-order valence-corrected chi connectivity index (χ0v) is 23.6. The third kappa shape index (κ3) is 5.06. The first-order chi connectivity index (χ1) is 20.0. The van der Waals surface area contributed by atoms with Gasteiger partial charge < -0.3 is 15.0 Å². The highest BCUT2D eigenvalue weighted by Crippen LogP contribution is 2.30. The van der Waals surface area contributed by atoms with Crippen molar-refractivity contribution >= 4 is 27.9 Å². The molecule has 3 heterocycles. The fourth-order valence-electron chi connectivity index (χ4n) is 4.82. The number of hydrogen-bond acceptors (Lipinski definition) is 7. The number of nitrogens with zero attached hydrogens (tertiary/aromatic N) is 5. The Hall–Kier alpha value is -5.16. The predicted octanol–water partition coefficient (Wildman–Crippen LogP) is 4.30. The fourth-order valence-corrected chi connectivity index (χ4v) is 4.82. The third-order valence-corrected chi connectivity index (χ3v) is 7.01. The van der Waals surface area contributed by atoms with Crippen LogP contribution in [-0.4, -0.2) is 29.0 Å². The number of aliphatic hydroxyl groups excluding tert-OH is 1. The number of pyridine rings is 1. The molecule has 0 spiro atoms. The Morgan fingerprint density at radius 2 is 1.88 bits per heavy atom. The van der Waals surface area contributed by atoms with E-state index < -0.39 is 23.7 Å². The lowest BCUT2D eigenvalue weighted by Crippen LogP contribution is -2.25. The van der Waals surface area contributed by atoms with Gasteiger partial charge in [0.2, 0.25) is 0 Å². The van der Waals surface area contributed by atoms with Gasteiger partial charge in [0.25, 0.3) is 11.1 Å². The molecule has 214 valence electrons. The van der Waals surface area contributed by atoms with Gasteiger partial charge in [0.15, 0.2) is 0 Å². The van der Waals surface area contributed by atoms with Crippen LogP contribution in [0.3, 0.4) is 0 Å². The molecule has 0 fully saturated rings. The van der Waals surface area contributed by atoms with E-state index in [1.165, 1.54) is 21.4 Å². The minimum atomic E-state index is -0.697. The Morgan fingerprint density at radius 1 is 1.12 bits per heavy atom. The average Bonchev–Trinajstić information content (AvgIpc) is 2.94. The molecule has 0 unspecified atom stereocenters. The fraction of sp³-hybridized carbons (Fsp3) is 0.194. The topological polar surface area (TPSA) is 124 Å². The smallest absolute Gasteiger partial charge is 0.349 e. The molecule has 5 rings (SSSR count). The van der Waals surface area contributed by atoms with Gasteiger partial charge in [-0.05, 0) is 62.2 Å². The summed E-state index contributed by atoms with van der Waals surface area (Å²) in [5.41, 5.74) is 1.50. The number of fused-ring (bicyclic) bond motifs is 1. The van der Waals surface area contributed by atoms with Crippen LogP contribution in [0.2, 0.25) is 0 Å². The first-order valence-electron chi connectivity index (χ1n) is 13.2. The molecule has 0 radical (unpaired) electrons. The molecule has 42 heavy (non-hydrogen) atoms. The van der Waals surface area contributed by atoms with Crippen LogP contribution < -0.4 is 22.1 Å². The first-order valence-corrected chi connectivity index (χ1v) is 13.2. The van der Waals surface area contributed by atoms with Crippen LogP contribution in [0.4, 0.5) is 15.9 Å². The first kappa shape index (κ1) is 28.4. The summed E-state index contributed by atoms with van der Waals surface area (Å²) in [5, 5.41) is 17.9. The maximum atomic E-state index is 15.1. The molecular formula is C31H29FN6O4. The molecule has 0 aliphatic carbocycles. The van der Waals surface area contributed by atoms with Crippen LogP contribution in [0.25, 0.3) is 33.2 Å². The molecule has 2 aromatic carbocycles. The van der Waals surface area contributed by atoms with E-state index in [2.05, 4.69) is 22.0 Å². The van der Waals surface area contributed by atoms with Crippen LogP contribution >= 0.6 is 0 Å². The highest BCUT2D eigenvalue weighted by atomic mass is 19.1. The highest BCUT2D eigenvalue weighted by molar-refractivity contribution is 5.85. The van der Waals surface area contributed by atoms with E-state index in [4.69, 9.17) is 0 Å². The molecule has 0 bridgehead atoms. The predicted molar refractivity (Wildman–Crippen MR) is 161 cm³/mol. The van der Waals surface area contributed by atoms with Gasteiger partial charge in [0, 0.05) is 42.0 Å². The number of halogens is 1. The van der Waals surface area contributed by atoms with Crippen LogP contribution in [0, 0.1) is 5.82 Å². The van der Waals surface area contributed by atoms with Gasteiger partial charge in [-0.2, -0.15) is 14.8 Å². The summed E-state index contributed by atoms with van der Waals surface area (Å²) in [5.74, 6) is -0.497. The van der Waals surface area contributed by atoms with Gasteiger partial charge in [-0.15, -0.1) is 0 Å². The zero-order chi connectivity index (χ0) is 30.3. The Kier molecular flexibility index (Phi) is 7.44. The number of aryl methyl sites for hydroxylation is 1. The Morgan fingerprint density at radius 3 is 2.55 bits per heavy atom. The summed E-state index contributed by atoms with van der Waals surface area (Å²) >= 11 is 0. The van der Waals surface area contributed by atoms with Crippen molar-refractivity contribution in [3.05, 3.63) is 116 Å². The largest absolute Gasteiger partial charge is 0.392 e. The number of benzene rings is 2. The van der Waals surface area contributed by atoms with Crippen molar-refractivity contribution in [2.75, 3.05) is 5.32 Å². The number of nitrogens with one attached hydrogen (secondary N) is 1. The van der Waals surface area contributed by atoms with Gasteiger partial charge in [0.05, 0.1) is 23.9 Å². The van der Waals surface area contributed by atoms with E-state index in [0.29, 0.717) is 33.2 Å². The second-order valence-corrected chi connectivity index (χ2v) is 10.3. The van der Waals surface area contributed by atoms with E-state index in [0.717, 1.165) is 4.68 Å². The molecule has 0 saturated carbocycles. The molecule has 0 amide bonds. The molecule has 5 aromatic rings. The summed E-state index contributed by atoms with van der Waals surface area (Å²) in [6.45, 7) is 8.82. The molecule has 10 nitrogen and oxygen atoms in total. The second kappa shape index (κ2) is 11.0. The molecular weight excluding hydrogens is 539 g/mol. The minimum Gasteiger partial charge on any atom is -0.392 e. The van der Waals surface area contributed by atoms with Gasteiger partial charge >= 0.3 is 5.69 Å². The number of aromatic nitrogens is 5. The summed E-state index contributed by atoms with van der Waals surface area (Å²) in [6.07, 6.45) is 4.58. The number of anilines is 2. The highest BCUT2D eigenvalue weighted by Gasteiger charge is 2.18. The summed E-state index contributed by atoms with van der Waals surface area (Å²) in [4.78, 5) is 42.9. The summed E-state index contributed by atoms with van der Waals surface area (Å²) in [7, 11) is 1.57. The van der Waals surface area contributed by atoms with E-state index in [1.54, 1.807) is 62.8 Å². The average molecular weight is 569 g/mol. The van der Waals surface area contributed by atoms with Crippen molar-refractivity contribution < 1.29 is 9.50 Å². The lowest BCUT2D eigenvalue weighted by atomic mass is 9.99. The quantitative estimate of drug-likeness (QED) is 0.300. The summed E-state index contributed by atoms with van der Waals surface area (Å²) < 4.78 is 19.0. The van der Waals surface area contributed by atoms with Crippen molar-refractivity contribution in [2.24, 2.45) is 7.05 Å². The zero-order valence-electron chi connectivity index (χ0n) is 23.6. The van der Waals surface area contributed by atoms with E-state index in [-0.39, 0.29) is 34.2 Å². The van der Waals surface area contributed by atoms with Crippen molar-refractivity contribution in [1.82, 2.24) is 23.9 Å². The monoisotopic (exact) mass is 568 g/mol. The minimum absolute atomic E-state index is 0.0747. The van der Waals surface area contributed by atoms with Gasteiger partial charge in [0.1, 0.15) is 17.3 Å². The van der Waals surface area contributed by atoms with Crippen LogP contribution in [0.1, 0.15) is 37.9 Å². The van der Waals surface area contributed by atoms with Crippen molar-refractivity contribution in [2.45, 2.75) is 33.4 Å². The SMILES string of the molecule is C=C(C)c1cc(F)c2c(=O)n(-c3cccc(-c4cc(Nc5ccn(C(C)C)c(=O)n5)c(=O)n(C)c4)c3CO)ncc2c1. The Bertz CT molecular complexity index is 2060. The lowest BCUT2D eigenvalue weighted by molar-refractivity contribution is 0.282. The van der Waals surface area contributed by atoms with Crippen LogP contribution in [0.5, 0.6) is 0 Å². The molecule has 0 aliphatic heterocycles. The maximum absolute atomic E-state index is 15.1. The number of aliphatic hydroxyl groups is 1. The number of hydrogen-bond donors (Lipinski definition) is 2. The lowest BCUT2D eigenvalue weighted by Gasteiger charge is -2.16. The van der Waals surface area contributed by atoms with Crippen molar-refractivity contribution in [1.29, 1.82) is 0 Å². The standard InChI is InChI=1S/C31H29FN6O4/c1-17(2)19-11-20-14-33-38(30(41)28(20)24(32)12-19)26-8-6-7-22(23(26)16-39)21-13-25(29(40)36(5)15-21)34-27-9-10-37(18(3)4)31(42)35-27/h6-15,18,39H,1,16H2,2-5H3,(H,34,35,42). The van der Waals surface area contributed by atoms with E-state index in [9.17, 15) is 19.5 Å². The van der Waals surface area contributed by atoms with Crippen molar-refractivity contribution in [3.63, 3.8) is 0 Å². The Labute approximate surface area is 239 Å². The van der Waals surface area contributed by atoms with Crippen LogP contribution in [0.15, 0.2) is 82.0 Å². The van der Waals surface area contributed by atoms with Crippen LogP contribution in [-0.2, 0) is 13.7 Å². The number of allylic oxidation sites excluding steroid dienone is 1. The van der Waals surface area contributed by atoms with Gasteiger partial charge in [-0.1, -0.05) is 24.3 Å². The summed E-state index contributed by atoms with van der Waals surface area (Å²) in [6, 6.07) is 11.0. The maximum Gasteiger partial charge on any atom is 0.349 e. The number of rotatable bonds is 7. The van der Waals surface area contributed by atoms with Crippen molar-refractivity contribution in [3.8, 4) is 16.8 Å². The third-order valence-electron chi connectivity index (χ3n) is 7.01. The Balaban J connectivity index is 1.63. The normalized spacial score (nSPS) is 11.3. The van der Waals surface area contributed by atoms with E-state index in [1.807, 2.05) is 13.8 Å². The second-order valence-electron chi connectivity index (χ2n) is 10.3. The van der Waals surface area contributed by atoms with Gasteiger partial charge in [-0.3, -0.25) is 14.2 Å². The van der Waals surface area contributed by atoms with Gasteiger partial charge in [-0.25, -0.2) is 9.18 Å². The molecule has 11 heteroatoms. The molecule has 3 aromatic heterocycles. The van der Waals surface area contributed by atoms with E-state index >= 15 is 4.39 Å². The molecule has 0 saturated heterocycles. The molecule has 0 aliphatic rings. The molecule has 2 N–H and O–H groups in total. The molecule has 0 atom stereocenters.